The van der Waals surface area contributed by atoms with Crippen molar-refractivity contribution in [1.29, 1.82) is 10.5 Å². The number of furan rings is 3. The number of nitriles is 2. The molecule has 30 heteroatoms. The summed E-state index contributed by atoms with van der Waals surface area (Å²) < 4.78 is 117. The molecule has 0 bridgehead atoms. The second kappa shape index (κ2) is 36.1. The van der Waals surface area contributed by atoms with Crippen LogP contribution >= 0.6 is 45.8 Å². The molecule has 5 aromatic carbocycles. The Bertz CT molecular complexity index is 5520. The highest BCUT2D eigenvalue weighted by Gasteiger charge is 2.53. The first-order valence-corrected chi connectivity index (χ1v) is 38.6. The maximum absolute atomic E-state index is 15.1. The summed E-state index contributed by atoms with van der Waals surface area (Å²) in [5.74, 6) is 0.895. The number of aryl methyl sites for hydroxylation is 1. The zero-order chi connectivity index (χ0) is 83.2. The quantitative estimate of drug-likeness (QED) is 0.0556. The van der Waals surface area contributed by atoms with E-state index in [1.165, 1.54) is 28.1 Å². The number of benzene rings is 5. The molecule has 0 spiro atoms. The first-order valence-electron chi connectivity index (χ1n) is 36.7. The van der Waals surface area contributed by atoms with E-state index < -0.39 is 42.9 Å². The predicted molar refractivity (Wildman–Crippen MR) is 439 cm³/mol. The third-order valence-electron chi connectivity index (χ3n) is 20.5. The van der Waals surface area contributed by atoms with E-state index in [1.807, 2.05) is 115 Å². The van der Waals surface area contributed by atoms with Crippen molar-refractivity contribution >= 4 is 122 Å². The smallest absolute Gasteiger partial charge is 0.495 e. The second-order valence-electron chi connectivity index (χ2n) is 29.7. The molecule has 11 aromatic rings. The van der Waals surface area contributed by atoms with Gasteiger partial charge in [-0.15, -0.1) is 0 Å². The SMILES string of the molecule is CC1(C)OB(c2ccc(OC3CCOCC3)c(C#N)c2)OC1(C)C.COc1cc(C(C)=O)ccc1-c1cc2ncc(F)c(-c3ccc(OC4CCOCC4)c(C#N)c3)c2o1.COc1cc(C(C)=O)ccc1-c1cc2ncc(F)c(Cl)c2o1.Cc1cc(C(=O)N(C)C)ccc1B1OC(C)(C)C(C)(C)O1.Fc1cnc2cc(I)oc2c1Cl. The number of fused-ring (bicyclic) bond motifs is 3. The predicted octanol–water partition coefficient (Wildman–Crippen LogP) is 18.1. The van der Waals surface area contributed by atoms with Gasteiger partial charge in [0.25, 0.3) is 5.91 Å². The van der Waals surface area contributed by atoms with Crippen LogP contribution in [0.2, 0.25) is 10.0 Å². The Morgan fingerprint density at radius 3 is 1.42 bits per heavy atom. The van der Waals surface area contributed by atoms with Crippen LogP contribution in [0.1, 0.15) is 143 Å². The summed E-state index contributed by atoms with van der Waals surface area (Å²) in [6.07, 6.45) is 6.53. The maximum atomic E-state index is 15.1. The fourth-order valence-electron chi connectivity index (χ4n) is 12.5. The van der Waals surface area contributed by atoms with Gasteiger partial charge in [-0.2, -0.15) is 10.5 Å². The fraction of sp³-hybridized carbons (Fsp3) is 0.341. The number of hydrogen-bond acceptors (Lipinski definition) is 21. The molecule has 598 valence electrons. The molecular formula is C85H84B2Cl2F3IN6O16. The minimum absolute atomic E-state index is 0.00133. The van der Waals surface area contributed by atoms with E-state index in [2.05, 4.69) is 27.1 Å². The van der Waals surface area contributed by atoms with Crippen molar-refractivity contribution in [2.45, 2.75) is 136 Å². The van der Waals surface area contributed by atoms with Crippen LogP contribution in [0.3, 0.4) is 0 Å². The van der Waals surface area contributed by atoms with Gasteiger partial charge in [0.2, 0.25) is 0 Å². The van der Waals surface area contributed by atoms with Crippen molar-refractivity contribution in [2.75, 3.05) is 54.7 Å². The number of methoxy groups -OCH3 is 2. The Hall–Kier alpha value is -9.85. The van der Waals surface area contributed by atoms with Crippen molar-refractivity contribution in [3.8, 4) is 68.9 Å². The number of nitrogens with zero attached hydrogens (tertiary/aromatic N) is 6. The van der Waals surface area contributed by atoms with E-state index in [9.17, 15) is 33.7 Å². The van der Waals surface area contributed by atoms with Gasteiger partial charge in [0.05, 0.1) is 109 Å². The molecule has 4 fully saturated rings. The highest BCUT2D eigenvalue weighted by Crippen LogP contribution is 2.43. The van der Waals surface area contributed by atoms with Crippen molar-refractivity contribution < 1.29 is 87.8 Å². The Labute approximate surface area is 688 Å². The number of ketones is 2. The first kappa shape index (κ1) is 86.0. The summed E-state index contributed by atoms with van der Waals surface area (Å²) >= 11 is 13.5. The summed E-state index contributed by atoms with van der Waals surface area (Å²) in [7, 11) is 5.63. The molecule has 115 heavy (non-hydrogen) atoms. The van der Waals surface area contributed by atoms with E-state index in [0.29, 0.717) is 131 Å². The Kier molecular flexibility index (Phi) is 27.0. The molecule has 15 rings (SSSR count). The third kappa shape index (κ3) is 19.5. The van der Waals surface area contributed by atoms with Gasteiger partial charge in [0.15, 0.2) is 49.5 Å². The van der Waals surface area contributed by atoms with Crippen LogP contribution in [0.15, 0.2) is 141 Å². The van der Waals surface area contributed by atoms with Crippen LogP contribution < -0.4 is 29.9 Å². The van der Waals surface area contributed by atoms with Crippen molar-refractivity contribution in [1.82, 2.24) is 19.9 Å². The zero-order valence-corrected chi connectivity index (χ0v) is 69.7. The molecule has 0 saturated carbocycles. The molecule has 10 heterocycles. The third-order valence-corrected chi connectivity index (χ3v) is 21.7. The van der Waals surface area contributed by atoms with Crippen LogP contribution in [0.4, 0.5) is 13.2 Å². The van der Waals surface area contributed by atoms with Gasteiger partial charge in [0, 0.05) is 74.7 Å². The lowest BCUT2D eigenvalue weighted by Gasteiger charge is -2.32. The van der Waals surface area contributed by atoms with Gasteiger partial charge < -0.3 is 65.2 Å². The minimum atomic E-state index is -0.644. The van der Waals surface area contributed by atoms with Gasteiger partial charge in [-0.05, 0) is 176 Å². The maximum Gasteiger partial charge on any atom is 0.495 e. The Balaban J connectivity index is 0.000000147. The average molecular weight is 1720 g/mol. The van der Waals surface area contributed by atoms with Crippen molar-refractivity contribution in [3.63, 3.8) is 0 Å². The van der Waals surface area contributed by atoms with Gasteiger partial charge >= 0.3 is 14.2 Å². The van der Waals surface area contributed by atoms with Gasteiger partial charge in [-0.3, -0.25) is 14.4 Å². The van der Waals surface area contributed by atoms with E-state index >= 15 is 4.39 Å². The van der Waals surface area contributed by atoms with E-state index in [4.69, 9.17) is 83.5 Å². The Morgan fingerprint density at radius 2 is 0.957 bits per heavy atom. The van der Waals surface area contributed by atoms with E-state index in [1.54, 1.807) is 97.9 Å². The molecule has 0 aliphatic carbocycles. The lowest BCUT2D eigenvalue weighted by molar-refractivity contribution is 0.00578. The number of amides is 1. The summed E-state index contributed by atoms with van der Waals surface area (Å²) in [5, 5.41) is 19.1. The highest BCUT2D eigenvalue weighted by atomic mass is 127. The van der Waals surface area contributed by atoms with Gasteiger partial charge in [0.1, 0.15) is 85.5 Å². The van der Waals surface area contributed by atoms with Crippen LogP contribution in [0, 0.1) is 50.8 Å². The topological polar surface area (TPSA) is 272 Å². The molecule has 0 atom stereocenters. The fourth-order valence-corrected chi connectivity index (χ4v) is 13.4. The number of Topliss-reactive ketones (excluding diaryl/α,β-unsaturated/α-hetero) is 2. The number of carbonyl (C=O) groups is 3. The lowest BCUT2D eigenvalue weighted by Crippen LogP contribution is -2.41. The van der Waals surface area contributed by atoms with Gasteiger partial charge in [-0.1, -0.05) is 59.1 Å². The van der Waals surface area contributed by atoms with Crippen LogP contribution in [-0.4, -0.2) is 141 Å². The Morgan fingerprint density at radius 1 is 0.530 bits per heavy atom. The van der Waals surface area contributed by atoms with Crippen molar-refractivity contribution in [3.05, 3.63) is 192 Å². The number of carbonyl (C=O) groups excluding carboxylic acids is 3. The number of rotatable bonds is 14. The van der Waals surface area contributed by atoms with Crippen molar-refractivity contribution in [2.24, 2.45) is 0 Å². The molecule has 4 aliphatic rings. The molecular weight excluding hydrogens is 1640 g/mol. The first-order chi connectivity index (χ1) is 54.5. The highest BCUT2D eigenvalue weighted by molar-refractivity contribution is 14.1. The summed E-state index contributed by atoms with van der Waals surface area (Å²) in [5.41, 5.74) is 7.89. The summed E-state index contributed by atoms with van der Waals surface area (Å²) in [6.45, 7) is 23.8. The number of aromatic nitrogens is 3. The van der Waals surface area contributed by atoms with E-state index in [-0.39, 0.29) is 67.7 Å². The molecule has 4 saturated heterocycles. The van der Waals surface area contributed by atoms with Crippen LogP contribution in [-0.2, 0) is 28.1 Å². The summed E-state index contributed by atoms with van der Waals surface area (Å²) in [4.78, 5) is 48.7. The lowest BCUT2D eigenvalue weighted by atomic mass is 9.76. The number of halogens is 6. The van der Waals surface area contributed by atoms with Gasteiger partial charge in [-0.25, -0.2) is 28.1 Å². The summed E-state index contributed by atoms with van der Waals surface area (Å²) in [6, 6.07) is 35.6. The molecule has 6 aromatic heterocycles. The normalized spacial score (nSPS) is 16.0. The molecule has 4 aliphatic heterocycles. The standard InChI is InChI=1S/C28H23FN2O5.C18H24BNO4.C16H24BNO3.C16H11ClFNO3.C7H2ClFINO/c1-16(32)17-3-5-21(25(12-17)33-2)26-13-23-28(36-26)27(22(29)15-31-23)18-4-6-24(19(11-18)14-30)35-20-7-9-34-10-8-20;1-17(2)18(3,4)24-19(23-17)14-5-6-16(13(11-14)12-20)22-15-7-9-21-10-8-15;1-11-10-12(14(19)18(6)7)8-9-13(11)17-20-15(2,3)16(4,5)21-17;1-8(20)9-3-4-10(13(5-9)21-2)14-6-12-16(22-14)15(17)11(18)7-19-12;8-6-3(9)2-11-4-1-5(10)12-7(4)6/h3-6,11-13,15,20H,7-10H2,1-2H3;5-6,11,15H,7-10H2,1-4H3;8-10H,1-7H3;3-7H,1-2H3;1-2H. The number of pyridine rings is 3. The molecule has 0 N–H and O–H groups in total. The van der Waals surface area contributed by atoms with Crippen LogP contribution in [0.5, 0.6) is 23.0 Å². The monoisotopic (exact) mass is 1720 g/mol. The molecule has 22 nitrogen and oxygen atoms in total. The zero-order valence-electron chi connectivity index (χ0n) is 66.1. The average Bonchev–Trinajstić information content (AvgIpc) is 1.91. The molecule has 1 amide bonds. The largest absolute Gasteiger partial charge is 0.496 e. The number of ether oxygens (including phenoxy) is 6. The van der Waals surface area contributed by atoms with E-state index in [0.717, 1.165) is 60.8 Å². The molecule has 0 radical (unpaired) electrons. The molecule has 0 unspecified atom stereocenters. The number of hydrogen-bond donors (Lipinski definition) is 0. The minimum Gasteiger partial charge on any atom is -0.496 e. The second-order valence-corrected chi connectivity index (χ2v) is 31.5. The van der Waals surface area contributed by atoms with Crippen LogP contribution in [0.25, 0.3) is 67.1 Å².